The molecule has 0 aliphatic rings. The molecular formula is C9H8F2OS. The van der Waals surface area contributed by atoms with Crippen LogP contribution in [0.4, 0.5) is 8.78 Å². The number of carbonyl (C=O) groups is 1. The second kappa shape index (κ2) is 4.37. The number of benzene rings is 1. The van der Waals surface area contributed by atoms with E-state index >= 15 is 0 Å². The van der Waals surface area contributed by atoms with Crippen molar-refractivity contribution in [1.82, 2.24) is 0 Å². The van der Waals surface area contributed by atoms with Crippen LogP contribution in [0.3, 0.4) is 0 Å². The number of hydrogen-bond acceptors (Lipinski definition) is 2. The van der Waals surface area contributed by atoms with E-state index < -0.39 is 11.6 Å². The molecule has 0 saturated heterocycles. The van der Waals surface area contributed by atoms with Crippen LogP contribution in [0.25, 0.3) is 0 Å². The first-order chi connectivity index (χ1) is 6.15. The highest BCUT2D eigenvalue weighted by Crippen LogP contribution is 2.11. The van der Waals surface area contributed by atoms with E-state index in [1.807, 2.05) is 0 Å². The Labute approximate surface area is 79.1 Å². The molecule has 0 aliphatic heterocycles. The van der Waals surface area contributed by atoms with E-state index in [4.69, 9.17) is 0 Å². The van der Waals surface area contributed by atoms with Crippen LogP contribution in [0.2, 0.25) is 0 Å². The molecule has 0 atom stereocenters. The summed E-state index contributed by atoms with van der Waals surface area (Å²) in [4.78, 5) is 11.2. The van der Waals surface area contributed by atoms with Gasteiger partial charge < -0.3 is 0 Å². The molecule has 0 aromatic heterocycles. The zero-order valence-corrected chi connectivity index (χ0v) is 7.83. The largest absolute Gasteiger partial charge is 0.293 e. The van der Waals surface area contributed by atoms with E-state index in [0.29, 0.717) is 6.07 Å². The number of hydrogen-bond donors (Lipinski definition) is 0. The van der Waals surface area contributed by atoms with Crippen molar-refractivity contribution in [2.75, 3.05) is 12.0 Å². The van der Waals surface area contributed by atoms with Crippen molar-refractivity contribution < 1.29 is 13.6 Å². The minimum absolute atomic E-state index is 0.0456. The lowest BCUT2D eigenvalue weighted by molar-refractivity contribution is 0.101. The number of ketones is 1. The summed E-state index contributed by atoms with van der Waals surface area (Å²) in [6.45, 7) is 0. The maximum absolute atomic E-state index is 13.0. The van der Waals surface area contributed by atoms with E-state index in [-0.39, 0.29) is 17.1 Å². The highest BCUT2D eigenvalue weighted by atomic mass is 32.2. The van der Waals surface area contributed by atoms with Crippen molar-refractivity contribution in [1.29, 1.82) is 0 Å². The van der Waals surface area contributed by atoms with Gasteiger partial charge in [0, 0.05) is 6.07 Å². The lowest BCUT2D eigenvalue weighted by Crippen LogP contribution is -2.05. The van der Waals surface area contributed by atoms with E-state index in [9.17, 15) is 13.6 Å². The third kappa shape index (κ3) is 2.52. The van der Waals surface area contributed by atoms with E-state index in [0.717, 1.165) is 6.07 Å². The fourth-order valence-corrected chi connectivity index (χ4v) is 1.34. The number of rotatable bonds is 3. The van der Waals surface area contributed by atoms with Gasteiger partial charge in [0.25, 0.3) is 0 Å². The molecule has 0 amide bonds. The highest BCUT2D eigenvalue weighted by molar-refractivity contribution is 7.99. The van der Waals surface area contributed by atoms with Gasteiger partial charge in [-0.3, -0.25) is 4.79 Å². The second-order valence-electron chi connectivity index (χ2n) is 2.48. The van der Waals surface area contributed by atoms with Gasteiger partial charge in [0.15, 0.2) is 5.78 Å². The normalized spacial score (nSPS) is 10.1. The van der Waals surface area contributed by atoms with Crippen LogP contribution in [0.1, 0.15) is 10.4 Å². The molecule has 1 rings (SSSR count). The summed E-state index contributed by atoms with van der Waals surface area (Å²) >= 11 is 1.31. The standard InChI is InChI=1S/C9H8F2OS/c1-13-5-9(12)7-3-2-6(10)4-8(7)11/h2-4H,5H2,1H3. The van der Waals surface area contributed by atoms with Gasteiger partial charge >= 0.3 is 0 Å². The monoisotopic (exact) mass is 202 g/mol. The van der Waals surface area contributed by atoms with Crippen LogP contribution in [0, 0.1) is 11.6 Å². The van der Waals surface area contributed by atoms with Crippen molar-refractivity contribution >= 4 is 17.5 Å². The molecule has 0 heterocycles. The summed E-state index contributed by atoms with van der Waals surface area (Å²) in [5.74, 6) is -1.56. The zero-order valence-electron chi connectivity index (χ0n) is 7.01. The second-order valence-corrected chi connectivity index (χ2v) is 3.35. The maximum atomic E-state index is 13.0. The Bertz CT molecular complexity index is 325. The topological polar surface area (TPSA) is 17.1 Å². The van der Waals surface area contributed by atoms with Crippen LogP contribution >= 0.6 is 11.8 Å². The van der Waals surface area contributed by atoms with Gasteiger partial charge in [0.1, 0.15) is 11.6 Å². The SMILES string of the molecule is CSCC(=O)c1ccc(F)cc1F. The van der Waals surface area contributed by atoms with Crippen molar-refractivity contribution in [3.63, 3.8) is 0 Å². The van der Waals surface area contributed by atoms with Gasteiger partial charge in [0.05, 0.1) is 11.3 Å². The summed E-state index contributed by atoms with van der Waals surface area (Å²) < 4.78 is 25.4. The molecule has 0 saturated carbocycles. The molecule has 0 fully saturated rings. The molecule has 70 valence electrons. The Kier molecular flexibility index (Phi) is 3.42. The first-order valence-electron chi connectivity index (χ1n) is 3.62. The van der Waals surface area contributed by atoms with E-state index in [1.165, 1.54) is 17.8 Å². The molecule has 0 radical (unpaired) electrons. The summed E-state index contributed by atoms with van der Waals surface area (Å²) in [5.41, 5.74) is -0.0456. The molecule has 4 heteroatoms. The predicted molar refractivity (Wildman–Crippen MR) is 49.1 cm³/mol. The van der Waals surface area contributed by atoms with Crippen LogP contribution in [0.15, 0.2) is 18.2 Å². The average Bonchev–Trinajstić information content (AvgIpc) is 2.04. The van der Waals surface area contributed by atoms with Gasteiger partial charge in [-0.25, -0.2) is 8.78 Å². The lowest BCUT2D eigenvalue weighted by atomic mass is 10.1. The Balaban J connectivity index is 2.95. The van der Waals surface area contributed by atoms with Gasteiger partial charge in [-0.15, -0.1) is 0 Å². The van der Waals surface area contributed by atoms with Crippen LogP contribution in [0.5, 0.6) is 0 Å². The number of carbonyl (C=O) groups excluding carboxylic acids is 1. The molecular weight excluding hydrogens is 194 g/mol. The lowest BCUT2D eigenvalue weighted by Gasteiger charge is -2.00. The third-order valence-corrected chi connectivity index (χ3v) is 2.06. The molecule has 0 aliphatic carbocycles. The van der Waals surface area contributed by atoms with Crippen molar-refractivity contribution in [3.05, 3.63) is 35.4 Å². The fourth-order valence-electron chi connectivity index (χ4n) is 0.924. The number of thioether (sulfide) groups is 1. The zero-order chi connectivity index (χ0) is 9.84. The maximum Gasteiger partial charge on any atom is 0.175 e. The third-order valence-electron chi connectivity index (χ3n) is 1.51. The van der Waals surface area contributed by atoms with Crippen molar-refractivity contribution in [3.8, 4) is 0 Å². The fraction of sp³-hybridized carbons (Fsp3) is 0.222. The summed E-state index contributed by atoms with van der Waals surface area (Å²) in [6, 6.07) is 2.97. The van der Waals surface area contributed by atoms with Gasteiger partial charge in [-0.05, 0) is 18.4 Å². The first-order valence-corrected chi connectivity index (χ1v) is 5.01. The Morgan fingerprint density at radius 3 is 2.69 bits per heavy atom. The van der Waals surface area contributed by atoms with Crippen LogP contribution < -0.4 is 0 Å². The van der Waals surface area contributed by atoms with E-state index in [1.54, 1.807) is 6.26 Å². The summed E-state index contributed by atoms with van der Waals surface area (Å²) in [7, 11) is 0. The summed E-state index contributed by atoms with van der Waals surface area (Å²) in [6.07, 6.45) is 1.75. The Morgan fingerprint density at radius 1 is 1.46 bits per heavy atom. The predicted octanol–water partition coefficient (Wildman–Crippen LogP) is 2.51. The molecule has 0 spiro atoms. The minimum Gasteiger partial charge on any atom is -0.293 e. The quantitative estimate of drug-likeness (QED) is 0.700. The molecule has 0 unspecified atom stereocenters. The Hall–Kier alpha value is -0.900. The van der Waals surface area contributed by atoms with Gasteiger partial charge in [-0.2, -0.15) is 11.8 Å². The first kappa shape index (κ1) is 10.2. The number of halogens is 2. The molecule has 1 aromatic carbocycles. The molecule has 0 bridgehead atoms. The van der Waals surface area contributed by atoms with Crippen molar-refractivity contribution in [2.45, 2.75) is 0 Å². The smallest absolute Gasteiger partial charge is 0.175 e. The van der Waals surface area contributed by atoms with Gasteiger partial charge in [0.2, 0.25) is 0 Å². The van der Waals surface area contributed by atoms with E-state index in [2.05, 4.69) is 0 Å². The summed E-state index contributed by atoms with van der Waals surface area (Å²) in [5, 5.41) is 0. The molecule has 0 N–H and O–H groups in total. The van der Waals surface area contributed by atoms with Crippen molar-refractivity contribution in [2.24, 2.45) is 0 Å². The highest BCUT2D eigenvalue weighted by Gasteiger charge is 2.11. The molecule has 1 nitrogen and oxygen atoms in total. The molecule has 13 heavy (non-hydrogen) atoms. The van der Waals surface area contributed by atoms with Crippen LogP contribution in [-0.4, -0.2) is 17.8 Å². The average molecular weight is 202 g/mol. The minimum atomic E-state index is -0.793. The molecule has 1 aromatic rings. The Morgan fingerprint density at radius 2 is 2.15 bits per heavy atom. The number of Topliss-reactive ketones (excluding diaryl/α,β-unsaturated/α-hetero) is 1. The van der Waals surface area contributed by atoms with Crippen LogP contribution in [-0.2, 0) is 0 Å². The van der Waals surface area contributed by atoms with Gasteiger partial charge in [-0.1, -0.05) is 0 Å².